The molecule has 14 nitrogen and oxygen atoms in total. The number of carbonyl (C=O) groups excluding carboxylic acids is 1. The first kappa shape index (κ1) is 42.3. The van der Waals surface area contributed by atoms with E-state index in [2.05, 4.69) is 66.4 Å². The summed E-state index contributed by atoms with van der Waals surface area (Å²) in [5.41, 5.74) is -0.192. The highest BCUT2D eigenvalue weighted by Crippen LogP contribution is 2.47. The Morgan fingerprint density at radius 3 is 2.22 bits per heavy atom. The number of aliphatic hydroxyl groups excluding tert-OH is 1. The Bertz CT molecular complexity index is 1980. The molecule has 4 saturated heterocycles. The summed E-state index contributed by atoms with van der Waals surface area (Å²) in [6.07, 6.45) is 11.4. The number of fused-ring (bicyclic) bond motifs is 6. The number of hydrogen-bond acceptors (Lipinski definition) is 14. The van der Waals surface area contributed by atoms with Gasteiger partial charge in [-0.15, -0.1) is 0 Å². The van der Waals surface area contributed by atoms with Crippen LogP contribution in [0.1, 0.15) is 85.8 Å². The Morgan fingerprint density at radius 2 is 1.59 bits per heavy atom. The third-order valence-electron chi connectivity index (χ3n) is 12.9. The number of rotatable bonds is 7. The van der Waals surface area contributed by atoms with Crippen molar-refractivity contribution in [1.82, 2.24) is 25.3 Å². The number of hydrogen-bond donors (Lipinski definition) is 2. The van der Waals surface area contributed by atoms with Crippen LogP contribution < -0.4 is 29.5 Å². The normalized spacial score (nSPS) is 26.5. The summed E-state index contributed by atoms with van der Waals surface area (Å²) in [6, 6.07) is 4.76. The predicted molar refractivity (Wildman–Crippen MR) is 236 cm³/mol. The van der Waals surface area contributed by atoms with Gasteiger partial charge in [-0.2, -0.15) is 0 Å². The second-order valence-electron chi connectivity index (χ2n) is 17.9. The van der Waals surface area contributed by atoms with E-state index < -0.39 is 11.7 Å². The fourth-order valence-electron chi connectivity index (χ4n) is 9.65. The van der Waals surface area contributed by atoms with Crippen molar-refractivity contribution in [3.63, 3.8) is 0 Å². The van der Waals surface area contributed by atoms with Crippen molar-refractivity contribution >= 4 is 57.9 Å². The number of halogens is 1. The van der Waals surface area contributed by atoms with Gasteiger partial charge in [-0.25, -0.2) is 24.7 Å². The lowest BCUT2D eigenvalue weighted by atomic mass is 9.73. The van der Waals surface area contributed by atoms with E-state index >= 15 is 0 Å². The van der Waals surface area contributed by atoms with Crippen LogP contribution >= 0.6 is 34.4 Å². The van der Waals surface area contributed by atoms with Gasteiger partial charge in [0.15, 0.2) is 29.0 Å². The lowest BCUT2D eigenvalue weighted by Gasteiger charge is -2.43. The Morgan fingerprint density at radius 1 is 0.966 bits per heavy atom. The zero-order chi connectivity index (χ0) is 41.5. The van der Waals surface area contributed by atoms with Gasteiger partial charge in [0.1, 0.15) is 29.5 Å². The molecule has 1 spiro atoms. The standard InChI is InChI=1S/C31H44N6O5S.C12H15IN2O/c1-6-20-13-21-17-40-25-23(7-10-32-28(25)37(21)15-20)43-24-14-33-27(22(16-38)34-24)36-11-8-31(9-12-36)18-41-19(2)26(31)35-29(39)42-30(3,4)5;1-2-8-5-9-7-16-11-10(13)3-4-14-12(11)15(9)6-8/h7,10,14,19-21,26,38H,6,8-9,11-13,15-18H2,1-5H3,(H,35,39);3-4,8-9H,2,5-7H2,1H3/t19-,20?,21-,26+;8?,9-/m00/s1. The summed E-state index contributed by atoms with van der Waals surface area (Å²) in [7, 11) is 0. The summed E-state index contributed by atoms with van der Waals surface area (Å²) in [5, 5.41) is 14.1. The van der Waals surface area contributed by atoms with Gasteiger partial charge in [-0.1, -0.05) is 38.5 Å². The molecule has 9 rings (SSSR count). The largest absolute Gasteiger partial charge is 0.486 e. The number of pyridine rings is 2. The van der Waals surface area contributed by atoms with Gasteiger partial charge in [-0.3, -0.25) is 0 Å². The molecule has 6 aliphatic rings. The molecule has 0 aliphatic carbocycles. The highest BCUT2D eigenvalue weighted by atomic mass is 127. The average Bonchev–Trinajstić information content (AvgIpc) is 3.94. The van der Waals surface area contributed by atoms with Gasteiger partial charge in [0.05, 0.1) is 52.1 Å². The van der Waals surface area contributed by atoms with Gasteiger partial charge in [-0.05, 0) is 99.9 Å². The summed E-state index contributed by atoms with van der Waals surface area (Å²) in [5.74, 6) is 5.93. The maximum absolute atomic E-state index is 12.6. The fourth-order valence-corrected chi connectivity index (χ4v) is 11.1. The first-order valence-corrected chi connectivity index (χ1v) is 23.2. The number of nitrogens with one attached hydrogen (secondary N) is 1. The number of nitrogens with zero attached hydrogens (tertiary/aromatic N) is 7. The van der Waals surface area contributed by atoms with Gasteiger partial charge in [0, 0.05) is 44.0 Å². The zero-order valence-corrected chi connectivity index (χ0v) is 38.1. The minimum atomic E-state index is -0.563. The van der Waals surface area contributed by atoms with Crippen LogP contribution in [0.25, 0.3) is 0 Å². The quantitative estimate of drug-likeness (QED) is 0.232. The third-order valence-corrected chi connectivity index (χ3v) is 14.7. The lowest BCUT2D eigenvalue weighted by molar-refractivity contribution is 0.0434. The van der Waals surface area contributed by atoms with Crippen LogP contribution in [0, 0.1) is 20.8 Å². The van der Waals surface area contributed by atoms with Crippen LogP contribution in [0.3, 0.4) is 0 Å². The van der Waals surface area contributed by atoms with Crippen LogP contribution in [0.5, 0.6) is 11.5 Å². The topological polar surface area (TPSA) is 148 Å². The van der Waals surface area contributed by atoms with Crippen molar-refractivity contribution in [3.8, 4) is 11.5 Å². The van der Waals surface area contributed by atoms with Crippen molar-refractivity contribution < 1.29 is 28.8 Å². The Balaban J connectivity index is 0.000000251. The molecule has 3 aromatic rings. The monoisotopic (exact) mass is 942 g/mol. The summed E-state index contributed by atoms with van der Waals surface area (Å²) in [6.45, 7) is 17.6. The minimum Gasteiger partial charge on any atom is -0.486 e. The van der Waals surface area contributed by atoms with Crippen molar-refractivity contribution in [2.24, 2.45) is 17.3 Å². The molecule has 1 amide bonds. The first-order chi connectivity index (χ1) is 28.4. The third kappa shape index (κ3) is 8.87. The number of ether oxygens (including phenoxy) is 4. The number of piperidine rings is 1. The molecule has 6 aliphatic heterocycles. The molecule has 0 radical (unpaired) electrons. The van der Waals surface area contributed by atoms with Crippen molar-refractivity contribution in [3.05, 3.63) is 40.0 Å². The number of alkyl carbamates (subject to hydrolysis) is 1. The second-order valence-corrected chi connectivity index (χ2v) is 20.1. The average molecular weight is 943 g/mol. The SMILES string of the molecule is CCC1C[C@H]2COc3c(I)ccnc3N2C1.CCC1C[C@H]2COc3c(Sc4cnc(N5CCC6(CC5)CO[C@@H](C)[C@H]6NC(=O)OC(C)(C)C)c(CO)n4)ccnc3N2C1. The van der Waals surface area contributed by atoms with E-state index in [9.17, 15) is 9.90 Å². The van der Waals surface area contributed by atoms with Crippen molar-refractivity contribution in [2.45, 2.75) is 126 Å². The maximum atomic E-state index is 12.6. The minimum absolute atomic E-state index is 0.101. The smallest absolute Gasteiger partial charge is 0.407 e. The molecule has 0 bridgehead atoms. The molecule has 0 saturated carbocycles. The Hall–Kier alpha value is -3.35. The number of aromatic nitrogens is 4. The first-order valence-electron chi connectivity index (χ1n) is 21.3. The van der Waals surface area contributed by atoms with E-state index in [4.69, 9.17) is 28.9 Å². The summed E-state index contributed by atoms with van der Waals surface area (Å²) < 4.78 is 24.8. The van der Waals surface area contributed by atoms with E-state index in [0.717, 1.165) is 92.4 Å². The van der Waals surface area contributed by atoms with E-state index in [0.29, 0.717) is 47.8 Å². The van der Waals surface area contributed by atoms with Crippen LogP contribution in [-0.2, 0) is 16.1 Å². The molecule has 59 heavy (non-hydrogen) atoms. The van der Waals surface area contributed by atoms with E-state index in [1.165, 1.54) is 28.2 Å². The lowest BCUT2D eigenvalue weighted by Crippen LogP contribution is -2.55. The molecule has 9 heterocycles. The summed E-state index contributed by atoms with van der Waals surface area (Å²) >= 11 is 3.81. The van der Waals surface area contributed by atoms with E-state index in [1.807, 2.05) is 52.2 Å². The summed E-state index contributed by atoms with van der Waals surface area (Å²) in [4.78, 5) is 39.4. The van der Waals surface area contributed by atoms with Gasteiger partial charge < -0.3 is 44.1 Å². The fraction of sp³-hybridized carbons (Fsp3) is 0.651. The second kappa shape index (κ2) is 17.6. The van der Waals surface area contributed by atoms with Crippen molar-refractivity contribution in [2.75, 3.05) is 60.7 Å². The molecule has 16 heteroatoms. The van der Waals surface area contributed by atoms with Crippen LogP contribution in [0.2, 0.25) is 0 Å². The molecular formula is C43H59IN8O6S. The number of anilines is 3. The van der Waals surface area contributed by atoms with Crippen LogP contribution in [0.15, 0.2) is 40.6 Å². The molecule has 0 aromatic carbocycles. The number of aliphatic hydroxyl groups is 1. The highest BCUT2D eigenvalue weighted by Gasteiger charge is 2.51. The molecule has 320 valence electrons. The molecule has 6 atom stereocenters. The zero-order valence-electron chi connectivity index (χ0n) is 35.2. The maximum Gasteiger partial charge on any atom is 0.407 e. The number of amides is 1. The van der Waals surface area contributed by atoms with Gasteiger partial charge >= 0.3 is 6.09 Å². The van der Waals surface area contributed by atoms with Crippen LogP contribution in [0.4, 0.5) is 22.2 Å². The molecule has 4 fully saturated rings. The molecular weight excluding hydrogens is 883 g/mol. The van der Waals surface area contributed by atoms with Crippen molar-refractivity contribution in [1.29, 1.82) is 0 Å². The molecule has 2 unspecified atom stereocenters. The molecule has 2 N–H and O–H groups in total. The van der Waals surface area contributed by atoms with Gasteiger partial charge in [0.2, 0.25) is 0 Å². The van der Waals surface area contributed by atoms with Gasteiger partial charge in [0.25, 0.3) is 0 Å². The highest BCUT2D eigenvalue weighted by molar-refractivity contribution is 14.1. The number of carbonyl (C=O) groups is 1. The van der Waals surface area contributed by atoms with E-state index in [1.54, 1.807) is 6.20 Å². The van der Waals surface area contributed by atoms with E-state index in [-0.39, 0.29) is 24.2 Å². The Kier molecular flexibility index (Phi) is 12.6. The van der Waals surface area contributed by atoms with Crippen LogP contribution in [-0.4, -0.2) is 107 Å². The molecule has 3 aromatic heterocycles. The Labute approximate surface area is 366 Å². The predicted octanol–water partition coefficient (Wildman–Crippen LogP) is 7.09.